The number of ether oxygens (including phenoxy) is 2. The normalized spacial score (nSPS) is 22.1. The fraction of sp³-hybridized carbons (Fsp3) is 0.548. The van der Waals surface area contributed by atoms with E-state index in [9.17, 15) is 14.0 Å². The molecule has 4 rings (SSSR count). The fourth-order valence-electron chi connectivity index (χ4n) is 5.42. The average molecular weight is 574 g/mol. The smallest absolute Gasteiger partial charge is 0.410 e. The molecule has 218 valence electrons. The Kier molecular flexibility index (Phi) is 9.62. The summed E-state index contributed by atoms with van der Waals surface area (Å²) in [5.41, 5.74) is 1.24. The van der Waals surface area contributed by atoms with Crippen molar-refractivity contribution in [3.05, 3.63) is 58.9 Å². The first-order chi connectivity index (χ1) is 18.9. The summed E-state index contributed by atoms with van der Waals surface area (Å²) in [6, 6.07) is 11.9. The highest BCUT2D eigenvalue weighted by atomic mass is 35.5. The first-order valence-electron chi connectivity index (χ1n) is 14.1. The molecule has 1 aliphatic carbocycles. The summed E-state index contributed by atoms with van der Waals surface area (Å²) in [6.45, 7) is 10.4. The van der Waals surface area contributed by atoms with Gasteiger partial charge in [-0.25, -0.2) is 9.18 Å². The predicted molar refractivity (Wildman–Crippen MR) is 155 cm³/mol. The summed E-state index contributed by atoms with van der Waals surface area (Å²) in [5, 5.41) is 0.621. The summed E-state index contributed by atoms with van der Waals surface area (Å²) in [7, 11) is 1.80. The number of halogens is 2. The molecule has 2 aromatic carbocycles. The Labute approximate surface area is 242 Å². The second-order valence-electron chi connectivity index (χ2n) is 12.0. The van der Waals surface area contributed by atoms with E-state index in [-0.39, 0.29) is 35.9 Å². The molecule has 2 amide bonds. The van der Waals surface area contributed by atoms with Gasteiger partial charge in [0.25, 0.3) is 0 Å². The molecule has 7 nitrogen and oxygen atoms in total. The molecular weight excluding hydrogens is 533 g/mol. The zero-order chi connectivity index (χ0) is 29.0. The van der Waals surface area contributed by atoms with Crippen LogP contribution < -0.4 is 9.64 Å². The van der Waals surface area contributed by atoms with Crippen molar-refractivity contribution in [3.63, 3.8) is 0 Å². The van der Waals surface area contributed by atoms with Crippen molar-refractivity contribution in [2.75, 3.05) is 31.6 Å². The lowest BCUT2D eigenvalue weighted by Crippen LogP contribution is -2.54. The lowest BCUT2D eigenvalue weighted by Gasteiger charge is -2.40. The van der Waals surface area contributed by atoms with Crippen LogP contribution in [0.25, 0.3) is 0 Å². The maximum atomic E-state index is 13.3. The molecule has 1 atom stereocenters. The standard InChI is InChI=1S/C31H41ClFN3O4/c1-21-19-35(16-17-36(21)30(38)40-31(2,3)4)20-23-6-11-25(18-28(23)32)34(5)29(37)22-7-12-26(13-8-22)39-27-14-9-24(33)10-15-27/h6,9-11,14-15,18,21-22,26H,7-8,12-13,16-17,19-20H2,1-5H3/t21-,22?,26?/m0/s1. The van der Waals surface area contributed by atoms with Crippen LogP contribution in [0.15, 0.2) is 42.5 Å². The second kappa shape index (κ2) is 12.8. The van der Waals surface area contributed by atoms with Gasteiger partial charge in [-0.3, -0.25) is 9.69 Å². The molecule has 1 aliphatic heterocycles. The van der Waals surface area contributed by atoms with Crippen molar-refractivity contribution in [2.45, 2.75) is 77.7 Å². The van der Waals surface area contributed by atoms with E-state index in [1.54, 1.807) is 29.0 Å². The molecule has 1 heterocycles. The number of nitrogens with zero attached hydrogens (tertiary/aromatic N) is 3. The minimum absolute atomic E-state index is 0.0292. The van der Waals surface area contributed by atoms with Crippen LogP contribution >= 0.6 is 11.6 Å². The Morgan fingerprint density at radius 2 is 1.73 bits per heavy atom. The molecule has 0 spiro atoms. The van der Waals surface area contributed by atoms with Gasteiger partial charge in [0.2, 0.25) is 5.91 Å². The topological polar surface area (TPSA) is 62.3 Å². The van der Waals surface area contributed by atoms with Gasteiger partial charge >= 0.3 is 6.09 Å². The van der Waals surface area contributed by atoms with E-state index in [1.165, 1.54) is 12.1 Å². The first kappa shape index (κ1) is 30.1. The third-order valence-electron chi connectivity index (χ3n) is 7.63. The van der Waals surface area contributed by atoms with Crippen LogP contribution in [0, 0.1) is 11.7 Å². The minimum atomic E-state index is -0.517. The van der Waals surface area contributed by atoms with Crippen molar-refractivity contribution >= 4 is 29.3 Å². The van der Waals surface area contributed by atoms with Gasteiger partial charge in [-0.15, -0.1) is 0 Å². The van der Waals surface area contributed by atoms with Gasteiger partial charge in [0.1, 0.15) is 17.2 Å². The zero-order valence-electron chi connectivity index (χ0n) is 24.2. The van der Waals surface area contributed by atoms with Crippen LogP contribution in [0.5, 0.6) is 5.75 Å². The molecular formula is C31H41ClFN3O4. The Bertz CT molecular complexity index is 1180. The van der Waals surface area contributed by atoms with E-state index in [0.717, 1.165) is 50.0 Å². The number of benzene rings is 2. The van der Waals surface area contributed by atoms with Crippen molar-refractivity contribution in [2.24, 2.45) is 5.92 Å². The van der Waals surface area contributed by atoms with Crippen LogP contribution in [0.2, 0.25) is 5.02 Å². The van der Waals surface area contributed by atoms with Gasteiger partial charge in [0.15, 0.2) is 0 Å². The molecule has 2 aromatic rings. The summed E-state index contributed by atoms with van der Waals surface area (Å²) in [4.78, 5) is 31.6. The number of hydrogen-bond donors (Lipinski definition) is 0. The summed E-state index contributed by atoms with van der Waals surface area (Å²) in [5.74, 6) is 0.378. The number of piperazine rings is 1. The van der Waals surface area contributed by atoms with Crippen LogP contribution in [0.3, 0.4) is 0 Å². The third-order valence-corrected chi connectivity index (χ3v) is 7.98. The predicted octanol–water partition coefficient (Wildman–Crippen LogP) is 6.52. The molecule has 40 heavy (non-hydrogen) atoms. The Morgan fingerprint density at radius 3 is 2.33 bits per heavy atom. The quantitative estimate of drug-likeness (QED) is 0.394. The van der Waals surface area contributed by atoms with Crippen molar-refractivity contribution in [1.29, 1.82) is 0 Å². The van der Waals surface area contributed by atoms with E-state index in [2.05, 4.69) is 4.90 Å². The Balaban J connectivity index is 1.28. The van der Waals surface area contributed by atoms with E-state index in [0.29, 0.717) is 23.9 Å². The van der Waals surface area contributed by atoms with Gasteiger partial charge in [-0.1, -0.05) is 17.7 Å². The largest absolute Gasteiger partial charge is 0.490 e. The Hall–Kier alpha value is -2.84. The van der Waals surface area contributed by atoms with Gasteiger partial charge in [0, 0.05) is 55.9 Å². The highest BCUT2D eigenvalue weighted by Crippen LogP contribution is 2.31. The van der Waals surface area contributed by atoms with Crippen molar-refractivity contribution in [3.8, 4) is 5.75 Å². The number of carbonyl (C=O) groups excluding carboxylic acids is 2. The summed E-state index contributed by atoms with van der Waals surface area (Å²) < 4.78 is 24.7. The molecule has 0 aromatic heterocycles. The fourth-order valence-corrected chi connectivity index (χ4v) is 5.65. The monoisotopic (exact) mass is 573 g/mol. The second-order valence-corrected chi connectivity index (χ2v) is 12.4. The van der Waals surface area contributed by atoms with Gasteiger partial charge in [0.05, 0.1) is 6.10 Å². The van der Waals surface area contributed by atoms with Crippen molar-refractivity contribution in [1.82, 2.24) is 9.80 Å². The highest BCUT2D eigenvalue weighted by Gasteiger charge is 2.32. The zero-order valence-corrected chi connectivity index (χ0v) is 24.9. The van der Waals surface area contributed by atoms with Gasteiger partial charge in [-0.2, -0.15) is 0 Å². The SMILES string of the molecule is C[C@H]1CN(Cc2ccc(N(C)C(=O)C3CCC(Oc4ccc(F)cc4)CC3)cc2Cl)CCN1C(=O)OC(C)(C)C. The maximum Gasteiger partial charge on any atom is 0.410 e. The number of amides is 2. The molecule has 2 aliphatic rings. The molecule has 2 fully saturated rings. The molecule has 0 unspecified atom stereocenters. The summed E-state index contributed by atoms with van der Waals surface area (Å²) in [6.07, 6.45) is 2.80. The van der Waals surface area contributed by atoms with Gasteiger partial charge < -0.3 is 19.3 Å². The molecule has 0 radical (unpaired) electrons. The number of rotatable bonds is 6. The lowest BCUT2D eigenvalue weighted by molar-refractivity contribution is -0.123. The van der Waals surface area contributed by atoms with Crippen LogP contribution in [0.4, 0.5) is 14.9 Å². The van der Waals surface area contributed by atoms with Crippen LogP contribution in [-0.4, -0.2) is 66.2 Å². The number of carbonyl (C=O) groups is 2. The Morgan fingerprint density at radius 1 is 1.05 bits per heavy atom. The first-order valence-corrected chi connectivity index (χ1v) is 14.5. The maximum absolute atomic E-state index is 13.3. The minimum Gasteiger partial charge on any atom is -0.490 e. The summed E-state index contributed by atoms with van der Waals surface area (Å²) >= 11 is 6.69. The molecule has 0 bridgehead atoms. The lowest BCUT2D eigenvalue weighted by atomic mass is 9.86. The van der Waals surface area contributed by atoms with Crippen molar-refractivity contribution < 1.29 is 23.5 Å². The van der Waals surface area contributed by atoms with E-state index in [4.69, 9.17) is 21.1 Å². The van der Waals surface area contributed by atoms with E-state index < -0.39 is 5.60 Å². The van der Waals surface area contributed by atoms with Crippen LogP contribution in [0.1, 0.15) is 58.9 Å². The average Bonchev–Trinajstić information content (AvgIpc) is 2.90. The van der Waals surface area contributed by atoms with E-state index >= 15 is 0 Å². The van der Waals surface area contributed by atoms with Gasteiger partial charge in [-0.05, 0) is 95.3 Å². The molecule has 1 saturated carbocycles. The third kappa shape index (κ3) is 7.88. The molecule has 1 saturated heterocycles. The molecule has 0 N–H and O–H groups in total. The number of anilines is 1. The van der Waals surface area contributed by atoms with Crippen LogP contribution in [-0.2, 0) is 16.1 Å². The number of hydrogen-bond acceptors (Lipinski definition) is 5. The highest BCUT2D eigenvalue weighted by molar-refractivity contribution is 6.31. The van der Waals surface area contributed by atoms with E-state index in [1.807, 2.05) is 45.9 Å². The molecule has 9 heteroatoms.